The number of hydrogen-bond acceptors (Lipinski definition) is 6. The maximum Gasteiger partial charge on any atom is 0.196 e. The van der Waals surface area contributed by atoms with Crippen LogP contribution in [-0.4, -0.2) is 21.5 Å². The van der Waals surface area contributed by atoms with Crippen LogP contribution in [0.2, 0.25) is 0 Å². The molecular formula is C17H13NO5. The molecule has 0 radical (unpaired) electrons. The van der Waals surface area contributed by atoms with Gasteiger partial charge < -0.3 is 19.7 Å². The van der Waals surface area contributed by atoms with Gasteiger partial charge in [0.2, 0.25) is 0 Å². The molecular weight excluding hydrogens is 298 g/mol. The second-order valence-electron chi connectivity index (χ2n) is 5.00. The van der Waals surface area contributed by atoms with Gasteiger partial charge in [-0.15, -0.1) is 0 Å². The van der Waals surface area contributed by atoms with Crippen molar-refractivity contribution in [2.45, 2.75) is 6.92 Å². The fourth-order valence-corrected chi connectivity index (χ4v) is 2.26. The number of aliphatic imine (C=N–C) groups is 1. The van der Waals surface area contributed by atoms with E-state index in [1.54, 1.807) is 25.1 Å². The van der Waals surface area contributed by atoms with Crippen LogP contribution in [0, 0.1) is 6.92 Å². The van der Waals surface area contributed by atoms with Crippen LogP contribution in [0.15, 0.2) is 50.6 Å². The lowest BCUT2D eigenvalue weighted by Crippen LogP contribution is -2.02. The molecule has 3 rings (SSSR count). The number of rotatable bonds is 2. The highest BCUT2D eigenvalue weighted by atomic mass is 16.3. The number of phenols is 3. The Morgan fingerprint density at radius 2 is 1.83 bits per heavy atom. The van der Waals surface area contributed by atoms with Crippen LogP contribution >= 0.6 is 0 Å². The molecule has 0 unspecified atom stereocenters. The normalized spacial score (nSPS) is 11.3. The van der Waals surface area contributed by atoms with Crippen LogP contribution in [0.25, 0.3) is 11.0 Å². The molecule has 3 N–H and O–H groups in total. The molecule has 0 saturated carbocycles. The molecule has 1 heterocycles. The summed E-state index contributed by atoms with van der Waals surface area (Å²) in [6.45, 7) is 1.60. The van der Waals surface area contributed by atoms with Crippen molar-refractivity contribution in [2.24, 2.45) is 4.99 Å². The first-order chi connectivity index (χ1) is 11.0. The maximum absolute atomic E-state index is 12.0. The summed E-state index contributed by atoms with van der Waals surface area (Å²) in [5.74, 6) is -0.383. The van der Waals surface area contributed by atoms with E-state index in [0.29, 0.717) is 5.76 Å². The molecule has 0 atom stereocenters. The molecule has 0 saturated heterocycles. The van der Waals surface area contributed by atoms with Crippen molar-refractivity contribution < 1.29 is 19.7 Å². The van der Waals surface area contributed by atoms with Crippen LogP contribution in [0.1, 0.15) is 11.3 Å². The third-order valence-corrected chi connectivity index (χ3v) is 3.35. The van der Waals surface area contributed by atoms with E-state index < -0.39 is 11.2 Å². The number of aromatic hydroxyl groups is 3. The number of nitrogens with zero attached hydrogens (tertiary/aromatic N) is 1. The van der Waals surface area contributed by atoms with Crippen molar-refractivity contribution in [1.29, 1.82) is 0 Å². The third-order valence-electron chi connectivity index (χ3n) is 3.35. The van der Waals surface area contributed by atoms with E-state index in [4.69, 9.17) is 4.42 Å². The highest BCUT2D eigenvalue weighted by Crippen LogP contribution is 2.34. The maximum atomic E-state index is 12.0. The van der Waals surface area contributed by atoms with Crippen LogP contribution in [-0.2, 0) is 0 Å². The van der Waals surface area contributed by atoms with Gasteiger partial charge in [0.05, 0.1) is 5.56 Å². The SMILES string of the molecule is Cc1cc(=O)c2c(O)c(C=Nc3ccccc3O)c(O)cc2o1. The largest absolute Gasteiger partial charge is 0.507 e. The summed E-state index contributed by atoms with van der Waals surface area (Å²) in [5.41, 5.74) is -0.0950. The lowest BCUT2D eigenvalue weighted by atomic mass is 10.1. The fourth-order valence-electron chi connectivity index (χ4n) is 2.26. The Hall–Kier alpha value is -3.28. The van der Waals surface area contributed by atoms with Gasteiger partial charge in [0.15, 0.2) is 5.43 Å². The molecule has 6 nitrogen and oxygen atoms in total. The molecule has 0 bridgehead atoms. The summed E-state index contributed by atoms with van der Waals surface area (Å²) >= 11 is 0. The van der Waals surface area contributed by atoms with Crippen molar-refractivity contribution in [3.63, 3.8) is 0 Å². The van der Waals surface area contributed by atoms with Crippen molar-refractivity contribution in [3.05, 3.63) is 57.9 Å². The van der Waals surface area contributed by atoms with Gasteiger partial charge in [-0.1, -0.05) is 12.1 Å². The van der Waals surface area contributed by atoms with E-state index in [1.165, 1.54) is 24.4 Å². The third kappa shape index (κ3) is 2.62. The van der Waals surface area contributed by atoms with E-state index >= 15 is 0 Å². The standard InChI is InChI=1S/C17H13NO5/c1-9-6-14(21)16-15(23-9)7-13(20)10(17(16)22)8-18-11-4-2-3-5-12(11)19/h2-8,19-20,22H,1H3. The van der Waals surface area contributed by atoms with Crippen molar-refractivity contribution in [2.75, 3.05) is 0 Å². The predicted octanol–water partition coefficient (Wildman–Crippen LogP) is 2.97. The summed E-state index contributed by atoms with van der Waals surface area (Å²) in [6.07, 6.45) is 1.18. The molecule has 0 spiro atoms. The molecule has 2 aromatic carbocycles. The van der Waals surface area contributed by atoms with Gasteiger partial charge in [-0.3, -0.25) is 9.79 Å². The highest BCUT2D eigenvalue weighted by molar-refractivity contribution is 5.98. The number of benzene rings is 2. The minimum absolute atomic E-state index is 0.0306. The summed E-state index contributed by atoms with van der Waals surface area (Å²) in [5, 5.41) is 30.0. The van der Waals surface area contributed by atoms with Crippen molar-refractivity contribution in [1.82, 2.24) is 0 Å². The van der Waals surface area contributed by atoms with Gasteiger partial charge in [-0.2, -0.15) is 0 Å². The number of para-hydroxylation sites is 2. The molecule has 0 fully saturated rings. The van der Waals surface area contributed by atoms with E-state index in [0.717, 1.165) is 0 Å². The summed E-state index contributed by atoms with van der Waals surface area (Å²) < 4.78 is 5.34. The monoisotopic (exact) mass is 311 g/mol. The van der Waals surface area contributed by atoms with Crippen LogP contribution in [0.3, 0.4) is 0 Å². The molecule has 0 aliphatic carbocycles. The number of fused-ring (bicyclic) bond motifs is 1. The lowest BCUT2D eigenvalue weighted by Gasteiger charge is -2.07. The predicted molar refractivity (Wildman–Crippen MR) is 85.9 cm³/mol. The van der Waals surface area contributed by atoms with E-state index in [-0.39, 0.29) is 33.7 Å². The quantitative estimate of drug-likeness (QED) is 0.631. The second kappa shape index (κ2) is 5.49. The molecule has 116 valence electrons. The summed E-state index contributed by atoms with van der Waals surface area (Å²) in [7, 11) is 0. The number of aryl methyl sites for hydroxylation is 1. The first kappa shape index (κ1) is 14.6. The molecule has 1 aromatic heterocycles. The minimum Gasteiger partial charge on any atom is -0.507 e. The Kier molecular flexibility index (Phi) is 3.50. The highest BCUT2D eigenvalue weighted by Gasteiger charge is 2.15. The topological polar surface area (TPSA) is 103 Å². The molecule has 6 heteroatoms. The van der Waals surface area contributed by atoms with Gasteiger partial charge in [0, 0.05) is 18.3 Å². The summed E-state index contributed by atoms with van der Waals surface area (Å²) in [6, 6.07) is 8.86. The second-order valence-corrected chi connectivity index (χ2v) is 5.00. The van der Waals surface area contributed by atoms with Crippen molar-refractivity contribution in [3.8, 4) is 17.2 Å². The Bertz CT molecular complexity index is 988. The molecule has 0 aliphatic rings. The Balaban J connectivity index is 2.19. The van der Waals surface area contributed by atoms with Crippen LogP contribution in [0.5, 0.6) is 17.2 Å². The zero-order chi connectivity index (χ0) is 16.6. The first-order valence-electron chi connectivity index (χ1n) is 6.79. The first-order valence-corrected chi connectivity index (χ1v) is 6.79. The zero-order valence-electron chi connectivity index (χ0n) is 12.1. The number of hydrogen-bond donors (Lipinski definition) is 3. The average molecular weight is 311 g/mol. The molecule has 0 amide bonds. The van der Waals surface area contributed by atoms with E-state index in [2.05, 4.69) is 4.99 Å². The van der Waals surface area contributed by atoms with Gasteiger partial charge in [-0.25, -0.2) is 0 Å². The van der Waals surface area contributed by atoms with Crippen LogP contribution < -0.4 is 5.43 Å². The van der Waals surface area contributed by atoms with Crippen LogP contribution in [0.4, 0.5) is 5.69 Å². The van der Waals surface area contributed by atoms with Crippen molar-refractivity contribution >= 4 is 22.9 Å². The van der Waals surface area contributed by atoms with Gasteiger partial charge >= 0.3 is 0 Å². The van der Waals surface area contributed by atoms with Gasteiger partial charge in [0.25, 0.3) is 0 Å². The Labute approximate surface area is 130 Å². The fraction of sp³-hybridized carbons (Fsp3) is 0.0588. The molecule has 3 aromatic rings. The van der Waals surface area contributed by atoms with Gasteiger partial charge in [-0.05, 0) is 19.1 Å². The Morgan fingerprint density at radius 3 is 2.57 bits per heavy atom. The smallest absolute Gasteiger partial charge is 0.196 e. The minimum atomic E-state index is -0.423. The summed E-state index contributed by atoms with van der Waals surface area (Å²) in [4.78, 5) is 16.1. The van der Waals surface area contributed by atoms with Gasteiger partial charge in [0.1, 0.15) is 39.7 Å². The number of phenolic OH excluding ortho intramolecular Hbond substituents is 3. The molecule has 23 heavy (non-hydrogen) atoms. The van der Waals surface area contributed by atoms with E-state index in [1.807, 2.05) is 0 Å². The average Bonchev–Trinajstić information content (AvgIpc) is 2.47. The Morgan fingerprint density at radius 1 is 1.09 bits per heavy atom. The lowest BCUT2D eigenvalue weighted by molar-refractivity contribution is 0.449. The molecule has 0 aliphatic heterocycles. The zero-order valence-corrected chi connectivity index (χ0v) is 12.1. The van der Waals surface area contributed by atoms with E-state index in [9.17, 15) is 20.1 Å².